The van der Waals surface area contributed by atoms with Gasteiger partial charge in [0.05, 0.1) is 10.5 Å². The van der Waals surface area contributed by atoms with Gasteiger partial charge in [0.1, 0.15) is 0 Å². The van der Waals surface area contributed by atoms with E-state index in [4.69, 9.17) is 4.74 Å². The summed E-state index contributed by atoms with van der Waals surface area (Å²) in [6.07, 6.45) is 1.66. The molecule has 2 aromatic rings. The zero-order valence-corrected chi connectivity index (χ0v) is 16.8. The number of sulfonamides is 1. The van der Waals surface area contributed by atoms with Gasteiger partial charge in [-0.15, -0.1) is 0 Å². The van der Waals surface area contributed by atoms with Gasteiger partial charge in [0, 0.05) is 23.1 Å². The second-order valence-electron chi connectivity index (χ2n) is 6.15. The number of carbonyl (C=O) groups is 2. The standard InChI is InChI=1S/C19H18BrNO5S/c20-16-7-3-5-14(11-16)18(22)13-26-19(23)15-6-4-8-17(12-15)27(24,25)21-9-1-2-10-21/h3-8,11-12H,1-2,9-10,13H2. The molecule has 0 spiro atoms. The van der Waals surface area contributed by atoms with Crippen LogP contribution in [-0.2, 0) is 14.8 Å². The summed E-state index contributed by atoms with van der Waals surface area (Å²) in [7, 11) is -3.62. The number of ketones is 1. The zero-order chi connectivity index (χ0) is 19.4. The molecule has 1 aliphatic heterocycles. The van der Waals surface area contributed by atoms with Crippen LogP contribution in [-0.4, -0.2) is 44.2 Å². The summed E-state index contributed by atoms with van der Waals surface area (Å²) in [6.45, 7) is 0.550. The van der Waals surface area contributed by atoms with Crippen LogP contribution in [0.15, 0.2) is 57.9 Å². The van der Waals surface area contributed by atoms with Gasteiger partial charge in [0.15, 0.2) is 12.4 Å². The minimum Gasteiger partial charge on any atom is -0.454 e. The highest BCUT2D eigenvalue weighted by molar-refractivity contribution is 9.10. The molecule has 6 nitrogen and oxygen atoms in total. The predicted octanol–water partition coefficient (Wildman–Crippen LogP) is 3.27. The lowest BCUT2D eigenvalue weighted by Gasteiger charge is -2.15. The average Bonchev–Trinajstić information content (AvgIpc) is 3.21. The third-order valence-electron chi connectivity index (χ3n) is 4.25. The second-order valence-corrected chi connectivity index (χ2v) is 9.00. The third-order valence-corrected chi connectivity index (χ3v) is 6.64. The molecule has 0 aliphatic carbocycles. The topological polar surface area (TPSA) is 80.8 Å². The van der Waals surface area contributed by atoms with Crippen LogP contribution < -0.4 is 0 Å². The molecule has 1 aliphatic rings. The van der Waals surface area contributed by atoms with Crippen LogP contribution in [0.25, 0.3) is 0 Å². The summed E-state index contributed by atoms with van der Waals surface area (Å²) in [5, 5.41) is 0. The fraction of sp³-hybridized carbons (Fsp3) is 0.263. The predicted molar refractivity (Wildman–Crippen MR) is 103 cm³/mol. The van der Waals surface area contributed by atoms with Crippen molar-refractivity contribution < 1.29 is 22.7 Å². The van der Waals surface area contributed by atoms with Crippen molar-refractivity contribution in [2.24, 2.45) is 0 Å². The van der Waals surface area contributed by atoms with E-state index in [-0.39, 0.29) is 16.2 Å². The molecule has 0 bridgehead atoms. The van der Waals surface area contributed by atoms with E-state index in [0.29, 0.717) is 18.7 Å². The first-order valence-corrected chi connectivity index (χ1v) is 10.7. The Labute approximate surface area is 166 Å². The van der Waals surface area contributed by atoms with Crippen LogP contribution in [0.3, 0.4) is 0 Å². The maximum Gasteiger partial charge on any atom is 0.338 e. The number of hydrogen-bond acceptors (Lipinski definition) is 5. The maximum atomic E-state index is 12.6. The van der Waals surface area contributed by atoms with Gasteiger partial charge in [-0.3, -0.25) is 4.79 Å². The SMILES string of the molecule is O=C(COC(=O)c1cccc(S(=O)(=O)N2CCCC2)c1)c1cccc(Br)c1. The molecule has 0 saturated carbocycles. The minimum absolute atomic E-state index is 0.0529. The Kier molecular flexibility index (Phi) is 6.08. The molecule has 1 fully saturated rings. The van der Waals surface area contributed by atoms with Crippen molar-refractivity contribution in [3.05, 3.63) is 64.1 Å². The van der Waals surface area contributed by atoms with Gasteiger partial charge in [0.2, 0.25) is 10.0 Å². The van der Waals surface area contributed by atoms with E-state index in [2.05, 4.69) is 15.9 Å². The first-order chi connectivity index (χ1) is 12.9. The Morgan fingerprint density at radius 3 is 2.37 bits per heavy atom. The molecule has 8 heteroatoms. The summed E-state index contributed by atoms with van der Waals surface area (Å²) in [5.74, 6) is -1.08. The van der Waals surface area contributed by atoms with Crippen molar-refractivity contribution in [3.8, 4) is 0 Å². The lowest BCUT2D eigenvalue weighted by atomic mass is 10.1. The van der Waals surface area contributed by atoms with E-state index in [1.54, 1.807) is 24.3 Å². The first kappa shape index (κ1) is 19.7. The van der Waals surface area contributed by atoms with E-state index in [1.807, 2.05) is 0 Å². The molecule has 0 radical (unpaired) electrons. The summed E-state index contributed by atoms with van der Waals surface area (Å²) < 4.78 is 32.4. The van der Waals surface area contributed by atoms with Gasteiger partial charge in [-0.25, -0.2) is 13.2 Å². The molecule has 0 N–H and O–H groups in total. The summed E-state index contributed by atoms with van der Waals surface area (Å²) in [4.78, 5) is 24.4. The van der Waals surface area contributed by atoms with E-state index < -0.39 is 22.6 Å². The minimum atomic E-state index is -3.62. The number of esters is 1. The Hall–Kier alpha value is -2.03. The molecule has 0 amide bonds. The number of nitrogens with zero attached hydrogens (tertiary/aromatic N) is 1. The molecule has 0 unspecified atom stereocenters. The van der Waals surface area contributed by atoms with E-state index in [1.165, 1.54) is 28.6 Å². The number of rotatable bonds is 6. The lowest BCUT2D eigenvalue weighted by Crippen LogP contribution is -2.28. The van der Waals surface area contributed by atoms with Crippen LogP contribution in [0, 0.1) is 0 Å². The van der Waals surface area contributed by atoms with Gasteiger partial charge < -0.3 is 4.74 Å². The molecule has 0 atom stereocenters. The number of hydrogen-bond donors (Lipinski definition) is 0. The summed E-state index contributed by atoms with van der Waals surface area (Å²) in [6, 6.07) is 12.5. The quantitative estimate of drug-likeness (QED) is 0.497. The molecule has 3 rings (SSSR count). The Morgan fingerprint density at radius 1 is 1.00 bits per heavy atom. The zero-order valence-electron chi connectivity index (χ0n) is 14.4. The van der Waals surface area contributed by atoms with Gasteiger partial charge in [-0.05, 0) is 43.2 Å². The first-order valence-electron chi connectivity index (χ1n) is 8.44. The van der Waals surface area contributed by atoms with Crippen molar-refractivity contribution in [2.45, 2.75) is 17.7 Å². The monoisotopic (exact) mass is 451 g/mol. The van der Waals surface area contributed by atoms with Crippen molar-refractivity contribution in [1.29, 1.82) is 0 Å². The fourth-order valence-electron chi connectivity index (χ4n) is 2.82. The van der Waals surface area contributed by atoms with Gasteiger partial charge in [0.25, 0.3) is 0 Å². The van der Waals surface area contributed by atoms with Crippen LogP contribution in [0.5, 0.6) is 0 Å². The molecule has 1 saturated heterocycles. The molecule has 1 heterocycles. The third kappa shape index (κ3) is 4.63. The summed E-state index contributed by atoms with van der Waals surface area (Å²) >= 11 is 3.28. The fourth-order valence-corrected chi connectivity index (χ4v) is 4.78. The van der Waals surface area contributed by atoms with Crippen molar-refractivity contribution in [2.75, 3.05) is 19.7 Å². The van der Waals surface area contributed by atoms with Crippen LogP contribution in [0.4, 0.5) is 0 Å². The molecule has 0 aromatic heterocycles. The van der Waals surface area contributed by atoms with Crippen molar-refractivity contribution in [3.63, 3.8) is 0 Å². The molecule has 27 heavy (non-hydrogen) atoms. The highest BCUT2D eigenvalue weighted by atomic mass is 79.9. The van der Waals surface area contributed by atoms with Gasteiger partial charge >= 0.3 is 5.97 Å². The summed E-state index contributed by atoms with van der Waals surface area (Å²) in [5.41, 5.74) is 0.514. The molecular formula is C19H18BrNO5S. The Balaban J connectivity index is 1.69. The molecule has 142 valence electrons. The highest BCUT2D eigenvalue weighted by Gasteiger charge is 2.27. The van der Waals surface area contributed by atoms with Crippen LogP contribution in [0.2, 0.25) is 0 Å². The maximum absolute atomic E-state index is 12.6. The number of halogens is 1. The van der Waals surface area contributed by atoms with E-state index in [9.17, 15) is 18.0 Å². The Morgan fingerprint density at radius 2 is 1.67 bits per heavy atom. The smallest absolute Gasteiger partial charge is 0.338 e. The number of carbonyl (C=O) groups excluding carboxylic acids is 2. The van der Waals surface area contributed by atoms with Crippen molar-refractivity contribution >= 4 is 37.7 Å². The normalized spacial score (nSPS) is 14.9. The largest absolute Gasteiger partial charge is 0.454 e. The lowest BCUT2D eigenvalue weighted by molar-refractivity contribution is 0.0474. The molecule has 2 aromatic carbocycles. The van der Waals surface area contributed by atoms with Crippen molar-refractivity contribution in [1.82, 2.24) is 4.31 Å². The van der Waals surface area contributed by atoms with E-state index >= 15 is 0 Å². The van der Waals surface area contributed by atoms with Gasteiger partial charge in [-0.2, -0.15) is 4.31 Å². The highest BCUT2D eigenvalue weighted by Crippen LogP contribution is 2.22. The Bertz CT molecular complexity index is 968. The second kappa shape index (κ2) is 8.33. The van der Waals surface area contributed by atoms with Crippen LogP contribution in [0.1, 0.15) is 33.6 Å². The number of Topliss-reactive ketones (excluding diaryl/α,β-unsaturated/α-hetero) is 1. The molecular weight excluding hydrogens is 434 g/mol. The van der Waals surface area contributed by atoms with E-state index in [0.717, 1.165) is 17.3 Å². The van der Waals surface area contributed by atoms with Crippen LogP contribution >= 0.6 is 15.9 Å². The number of benzene rings is 2. The average molecular weight is 452 g/mol. The van der Waals surface area contributed by atoms with Gasteiger partial charge in [-0.1, -0.05) is 34.1 Å². The number of ether oxygens (including phenoxy) is 1.